The van der Waals surface area contributed by atoms with Crippen molar-refractivity contribution >= 4 is 45.5 Å². The lowest BCUT2D eigenvalue weighted by Crippen LogP contribution is -1.82. The van der Waals surface area contributed by atoms with Gasteiger partial charge in [-0.3, -0.25) is 0 Å². The summed E-state index contributed by atoms with van der Waals surface area (Å²) in [5, 5.41) is 0. The minimum absolute atomic E-state index is 0.524. The molecule has 0 N–H and O–H groups in total. The third-order valence-corrected chi connectivity index (χ3v) is 2.78. The van der Waals surface area contributed by atoms with Crippen LogP contribution in [0.15, 0.2) is 0 Å². The summed E-state index contributed by atoms with van der Waals surface area (Å²) in [6, 6.07) is 0. The highest BCUT2D eigenvalue weighted by molar-refractivity contribution is 14.1. The van der Waals surface area contributed by atoms with E-state index in [4.69, 9.17) is 16.3 Å². The Kier molecular flexibility index (Phi) is 2.54. The molecule has 0 bridgehead atoms. The van der Waals surface area contributed by atoms with Crippen molar-refractivity contribution in [3.63, 3.8) is 0 Å². The van der Waals surface area contributed by atoms with E-state index in [1.807, 2.05) is 0 Å². The number of hydrogen-bond donors (Lipinski definition) is 0. The summed E-state index contributed by atoms with van der Waals surface area (Å²) in [5.41, 5.74) is 0. The van der Waals surface area contributed by atoms with Crippen molar-refractivity contribution in [1.29, 1.82) is 0 Å². The highest BCUT2D eigenvalue weighted by Gasteiger charge is 2.05. The van der Waals surface area contributed by atoms with Crippen molar-refractivity contribution in [1.82, 2.24) is 4.98 Å². The van der Waals surface area contributed by atoms with Gasteiger partial charge in [0.15, 0.2) is 4.47 Å². The number of rotatable bonds is 1. The lowest BCUT2D eigenvalue weighted by molar-refractivity contribution is 0.398. The summed E-state index contributed by atoms with van der Waals surface area (Å²) >= 11 is 9.10. The molecule has 0 aliphatic rings. The Morgan fingerprint density at radius 3 is 2.67 bits per heavy atom. The molecule has 0 radical (unpaired) electrons. The smallest absolute Gasteiger partial charge is 0.239 e. The first-order valence-corrected chi connectivity index (χ1v) is 4.37. The fraction of sp³-hybridized carbons (Fsp3) is 0.250. The SMILES string of the molecule is COc1nc(Cl)sc1I. The first-order valence-electron chi connectivity index (χ1n) is 2.10. The summed E-state index contributed by atoms with van der Waals surface area (Å²) in [6.45, 7) is 0. The molecule has 0 aromatic carbocycles. The Morgan fingerprint density at radius 2 is 2.44 bits per heavy atom. The van der Waals surface area contributed by atoms with Gasteiger partial charge in [-0.25, -0.2) is 0 Å². The van der Waals surface area contributed by atoms with Crippen LogP contribution in [0.1, 0.15) is 0 Å². The van der Waals surface area contributed by atoms with Gasteiger partial charge in [0.2, 0.25) is 5.88 Å². The van der Waals surface area contributed by atoms with E-state index in [1.165, 1.54) is 11.3 Å². The number of nitrogens with zero attached hydrogens (tertiary/aromatic N) is 1. The first kappa shape index (κ1) is 7.56. The number of ether oxygens (including phenoxy) is 1. The maximum Gasteiger partial charge on any atom is 0.239 e. The maximum atomic E-state index is 5.57. The molecule has 1 rings (SSSR count). The van der Waals surface area contributed by atoms with E-state index in [-0.39, 0.29) is 0 Å². The largest absolute Gasteiger partial charge is 0.480 e. The minimum atomic E-state index is 0.524. The molecule has 0 unspecified atom stereocenters. The first-order chi connectivity index (χ1) is 4.24. The van der Waals surface area contributed by atoms with Crippen LogP contribution >= 0.6 is 45.5 Å². The van der Waals surface area contributed by atoms with E-state index in [9.17, 15) is 0 Å². The quantitative estimate of drug-likeness (QED) is 0.734. The summed E-state index contributed by atoms with van der Waals surface area (Å²) in [7, 11) is 1.58. The molecule has 0 spiro atoms. The third kappa shape index (κ3) is 1.68. The fourth-order valence-corrected chi connectivity index (χ4v) is 2.55. The molecule has 0 aliphatic carbocycles. The van der Waals surface area contributed by atoms with Crippen LogP contribution in [0.5, 0.6) is 5.88 Å². The molecule has 0 aliphatic heterocycles. The van der Waals surface area contributed by atoms with Gasteiger partial charge in [-0.2, -0.15) is 4.98 Å². The zero-order chi connectivity index (χ0) is 6.85. The van der Waals surface area contributed by atoms with Gasteiger partial charge in [0.1, 0.15) is 2.88 Å². The van der Waals surface area contributed by atoms with Gasteiger partial charge in [0, 0.05) is 0 Å². The molecule has 0 atom stereocenters. The summed E-state index contributed by atoms with van der Waals surface area (Å²) in [5.74, 6) is 0.616. The van der Waals surface area contributed by atoms with Gasteiger partial charge in [-0.1, -0.05) is 22.9 Å². The molecule has 2 nitrogen and oxygen atoms in total. The van der Waals surface area contributed by atoms with Gasteiger partial charge < -0.3 is 4.74 Å². The van der Waals surface area contributed by atoms with Crippen LogP contribution in [0.25, 0.3) is 0 Å². The van der Waals surface area contributed by atoms with Crippen molar-refractivity contribution < 1.29 is 4.74 Å². The topological polar surface area (TPSA) is 22.1 Å². The van der Waals surface area contributed by atoms with Crippen molar-refractivity contribution in [2.75, 3.05) is 7.11 Å². The van der Waals surface area contributed by atoms with Crippen molar-refractivity contribution in [2.24, 2.45) is 0 Å². The molecule has 0 saturated heterocycles. The fourth-order valence-electron chi connectivity index (χ4n) is 0.390. The third-order valence-electron chi connectivity index (χ3n) is 0.725. The Bertz CT molecular complexity index is 214. The van der Waals surface area contributed by atoms with Crippen LogP contribution in [-0.2, 0) is 0 Å². The van der Waals surface area contributed by atoms with E-state index in [2.05, 4.69) is 27.6 Å². The molecule has 5 heteroatoms. The summed E-state index contributed by atoms with van der Waals surface area (Å²) in [6.07, 6.45) is 0. The average molecular weight is 275 g/mol. The molecule has 9 heavy (non-hydrogen) atoms. The van der Waals surface area contributed by atoms with Crippen LogP contribution in [0.4, 0.5) is 0 Å². The number of halogens is 2. The van der Waals surface area contributed by atoms with Crippen LogP contribution in [0, 0.1) is 2.88 Å². The highest BCUT2D eigenvalue weighted by atomic mass is 127. The van der Waals surface area contributed by atoms with Crippen molar-refractivity contribution in [3.8, 4) is 5.88 Å². The molecule has 50 valence electrons. The van der Waals surface area contributed by atoms with Crippen LogP contribution in [0.2, 0.25) is 4.47 Å². The second-order valence-corrected chi connectivity index (χ2v) is 4.64. The molecule has 0 amide bonds. The van der Waals surface area contributed by atoms with E-state index >= 15 is 0 Å². The molecular formula is C4H3ClINOS. The predicted molar refractivity (Wildman–Crippen MR) is 46.4 cm³/mol. The Morgan fingerprint density at radius 1 is 1.78 bits per heavy atom. The predicted octanol–water partition coefficient (Wildman–Crippen LogP) is 2.41. The molecular weight excluding hydrogens is 272 g/mol. The monoisotopic (exact) mass is 275 g/mol. The Hall–Kier alpha value is 0.450. The molecule has 1 aromatic heterocycles. The molecule has 1 heterocycles. The standard InChI is InChI=1S/C4H3ClINOS/c1-8-3-2(6)9-4(5)7-3/h1H3. The van der Waals surface area contributed by atoms with E-state index in [0.717, 1.165) is 2.88 Å². The summed E-state index contributed by atoms with van der Waals surface area (Å²) in [4.78, 5) is 3.88. The van der Waals surface area contributed by atoms with Gasteiger partial charge in [0.05, 0.1) is 7.11 Å². The lowest BCUT2D eigenvalue weighted by atomic mass is 10.9. The van der Waals surface area contributed by atoms with Gasteiger partial charge in [-0.15, -0.1) is 0 Å². The van der Waals surface area contributed by atoms with Crippen LogP contribution < -0.4 is 4.74 Å². The zero-order valence-corrected chi connectivity index (χ0v) is 8.25. The molecule has 0 fully saturated rings. The second kappa shape index (κ2) is 3.03. The molecule has 0 saturated carbocycles. The number of methoxy groups -OCH3 is 1. The van der Waals surface area contributed by atoms with Gasteiger partial charge in [-0.05, 0) is 22.6 Å². The maximum absolute atomic E-state index is 5.57. The average Bonchev–Trinajstić information content (AvgIpc) is 2.10. The molecule has 1 aromatic rings. The van der Waals surface area contributed by atoms with Gasteiger partial charge >= 0.3 is 0 Å². The van der Waals surface area contributed by atoms with E-state index in [1.54, 1.807) is 7.11 Å². The van der Waals surface area contributed by atoms with Crippen molar-refractivity contribution in [2.45, 2.75) is 0 Å². The second-order valence-electron chi connectivity index (χ2n) is 1.25. The van der Waals surface area contributed by atoms with Crippen LogP contribution in [-0.4, -0.2) is 12.1 Å². The summed E-state index contributed by atoms with van der Waals surface area (Å²) < 4.78 is 6.38. The minimum Gasteiger partial charge on any atom is -0.480 e. The lowest BCUT2D eigenvalue weighted by Gasteiger charge is -1.89. The Balaban J connectivity index is 3.01. The number of thiazole rings is 1. The van der Waals surface area contributed by atoms with Gasteiger partial charge in [0.25, 0.3) is 0 Å². The van der Waals surface area contributed by atoms with E-state index in [0.29, 0.717) is 10.3 Å². The van der Waals surface area contributed by atoms with Crippen LogP contribution in [0.3, 0.4) is 0 Å². The normalized spacial score (nSPS) is 9.67. The van der Waals surface area contributed by atoms with E-state index < -0.39 is 0 Å². The Labute approximate surface area is 75.3 Å². The number of hydrogen-bond acceptors (Lipinski definition) is 3. The number of aromatic nitrogens is 1. The highest BCUT2D eigenvalue weighted by Crippen LogP contribution is 2.29. The zero-order valence-electron chi connectivity index (χ0n) is 4.52. The van der Waals surface area contributed by atoms with Crippen molar-refractivity contribution in [3.05, 3.63) is 7.35 Å².